The van der Waals surface area contributed by atoms with E-state index in [4.69, 9.17) is 4.74 Å². The molecule has 8 nitrogen and oxygen atoms in total. The number of piperazine rings is 1. The van der Waals surface area contributed by atoms with Crippen molar-refractivity contribution in [2.45, 2.75) is 32.8 Å². The number of carbonyl (C=O) groups excluding carboxylic acids is 2. The van der Waals surface area contributed by atoms with Gasteiger partial charge in [0.15, 0.2) is 5.69 Å². The van der Waals surface area contributed by atoms with Crippen molar-refractivity contribution in [2.24, 2.45) is 0 Å². The van der Waals surface area contributed by atoms with Crippen molar-refractivity contribution in [2.75, 3.05) is 39.3 Å². The molecule has 1 aromatic heterocycles. The third kappa shape index (κ3) is 6.78. The molecule has 0 bridgehead atoms. The summed E-state index contributed by atoms with van der Waals surface area (Å²) >= 11 is 0. The Hall–Kier alpha value is -2.94. The largest absolute Gasteiger partial charge is 0.444 e. The van der Waals surface area contributed by atoms with E-state index in [1.807, 2.05) is 20.8 Å². The third-order valence-electron chi connectivity index (χ3n) is 4.87. The predicted molar refractivity (Wildman–Crippen MR) is 115 cm³/mol. The van der Waals surface area contributed by atoms with E-state index in [0.717, 1.165) is 26.1 Å². The van der Waals surface area contributed by atoms with Crippen molar-refractivity contribution in [1.82, 2.24) is 24.9 Å². The second kappa shape index (κ2) is 9.91. The minimum Gasteiger partial charge on any atom is -0.444 e. The van der Waals surface area contributed by atoms with Gasteiger partial charge in [-0.1, -0.05) is 0 Å². The molecule has 2 heterocycles. The molecule has 2 amide bonds. The van der Waals surface area contributed by atoms with Gasteiger partial charge in [-0.05, 0) is 64.1 Å². The van der Waals surface area contributed by atoms with Crippen molar-refractivity contribution in [3.05, 3.63) is 48.0 Å². The molecule has 0 radical (unpaired) electrons. The van der Waals surface area contributed by atoms with Crippen molar-refractivity contribution in [3.8, 4) is 5.69 Å². The zero-order valence-electron chi connectivity index (χ0n) is 18.3. The molecule has 0 spiro atoms. The van der Waals surface area contributed by atoms with Crippen LogP contribution in [-0.2, 0) is 4.74 Å². The highest BCUT2D eigenvalue weighted by atomic mass is 19.1. The van der Waals surface area contributed by atoms with Gasteiger partial charge in [0.05, 0.1) is 5.69 Å². The van der Waals surface area contributed by atoms with E-state index in [1.165, 1.54) is 12.1 Å². The summed E-state index contributed by atoms with van der Waals surface area (Å²) < 4.78 is 20.0. The zero-order valence-corrected chi connectivity index (χ0v) is 18.3. The molecule has 0 aliphatic carbocycles. The quantitative estimate of drug-likeness (QED) is 0.712. The number of hydrogen-bond donors (Lipinski definition) is 1. The zero-order chi connectivity index (χ0) is 22.4. The lowest BCUT2D eigenvalue weighted by Gasteiger charge is -2.35. The number of halogens is 1. The van der Waals surface area contributed by atoms with Gasteiger partial charge in [-0.15, -0.1) is 0 Å². The maximum Gasteiger partial charge on any atom is 0.410 e. The van der Waals surface area contributed by atoms with Crippen molar-refractivity contribution >= 4 is 12.0 Å². The maximum absolute atomic E-state index is 13.0. The van der Waals surface area contributed by atoms with Gasteiger partial charge >= 0.3 is 6.09 Å². The molecule has 0 atom stereocenters. The highest BCUT2D eigenvalue weighted by molar-refractivity contribution is 5.92. The fourth-order valence-corrected chi connectivity index (χ4v) is 3.26. The molecule has 1 aromatic carbocycles. The molecule has 1 fully saturated rings. The summed E-state index contributed by atoms with van der Waals surface area (Å²) in [6.45, 7) is 9.82. The van der Waals surface area contributed by atoms with E-state index < -0.39 is 5.60 Å². The molecule has 168 valence electrons. The van der Waals surface area contributed by atoms with Gasteiger partial charge in [0.1, 0.15) is 11.4 Å². The van der Waals surface area contributed by atoms with Gasteiger partial charge in [0, 0.05) is 38.9 Å². The second-order valence-corrected chi connectivity index (χ2v) is 8.54. The highest BCUT2D eigenvalue weighted by Gasteiger charge is 2.25. The minimum absolute atomic E-state index is 0.240. The van der Waals surface area contributed by atoms with Crippen LogP contribution in [0.15, 0.2) is 36.5 Å². The van der Waals surface area contributed by atoms with Crippen LogP contribution in [0, 0.1) is 5.82 Å². The summed E-state index contributed by atoms with van der Waals surface area (Å²) in [6.07, 6.45) is 2.21. The molecule has 1 saturated heterocycles. The number of benzene rings is 1. The summed E-state index contributed by atoms with van der Waals surface area (Å²) in [5, 5.41) is 7.13. The Morgan fingerprint density at radius 1 is 1.10 bits per heavy atom. The second-order valence-electron chi connectivity index (χ2n) is 8.54. The Kier molecular flexibility index (Phi) is 7.27. The van der Waals surface area contributed by atoms with Gasteiger partial charge < -0.3 is 15.0 Å². The van der Waals surface area contributed by atoms with E-state index in [-0.39, 0.29) is 17.8 Å². The first-order valence-electron chi connectivity index (χ1n) is 10.5. The van der Waals surface area contributed by atoms with E-state index >= 15 is 0 Å². The average molecular weight is 432 g/mol. The minimum atomic E-state index is -0.485. The Bertz CT molecular complexity index is 883. The van der Waals surface area contributed by atoms with Crippen LogP contribution in [0.2, 0.25) is 0 Å². The number of amides is 2. The topological polar surface area (TPSA) is 79.7 Å². The number of ether oxygens (including phenoxy) is 1. The molecule has 3 rings (SSSR count). The van der Waals surface area contributed by atoms with E-state index in [0.29, 0.717) is 31.0 Å². The number of nitrogens with one attached hydrogen (secondary N) is 1. The lowest BCUT2D eigenvalue weighted by molar-refractivity contribution is 0.0144. The third-order valence-corrected chi connectivity index (χ3v) is 4.87. The standard InChI is InChI=1S/C22H30FN5O3/c1-22(2,3)31-21(30)27-15-13-26(14-16-27)11-4-10-24-20(29)19-9-12-28(25-19)18-7-5-17(23)6-8-18/h5-9,12H,4,10-11,13-16H2,1-3H3,(H,24,29). The van der Waals surface area contributed by atoms with Crippen LogP contribution in [0.1, 0.15) is 37.7 Å². The molecule has 1 N–H and O–H groups in total. The molecule has 2 aromatic rings. The van der Waals surface area contributed by atoms with Crippen LogP contribution in [-0.4, -0.2) is 76.5 Å². The smallest absolute Gasteiger partial charge is 0.410 e. The van der Waals surface area contributed by atoms with Crippen LogP contribution in [0.5, 0.6) is 0 Å². The Labute approximate surface area is 182 Å². The van der Waals surface area contributed by atoms with Crippen LogP contribution < -0.4 is 5.32 Å². The predicted octanol–water partition coefficient (Wildman–Crippen LogP) is 2.68. The number of rotatable bonds is 6. The van der Waals surface area contributed by atoms with Gasteiger partial charge in [-0.3, -0.25) is 9.69 Å². The van der Waals surface area contributed by atoms with Crippen LogP contribution >= 0.6 is 0 Å². The van der Waals surface area contributed by atoms with Crippen LogP contribution in [0.3, 0.4) is 0 Å². The first-order valence-corrected chi connectivity index (χ1v) is 10.5. The Balaban J connectivity index is 1.36. The highest BCUT2D eigenvalue weighted by Crippen LogP contribution is 2.12. The molecule has 9 heteroatoms. The number of carbonyl (C=O) groups is 2. The molecular weight excluding hydrogens is 401 g/mol. The number of hydrogen-bond acceptors (Lipinski definition) is 5. The van der Waals surface area contributed by atoms with Gasteiger partial charge in [0.2, 0.25) is 0 Å². The molecular formula is C22H30FN5O3. The summed E-state index contributed by atoms with van der Waals surface area (Å²) in [4.78, 5) is 28.4. The van der Waals surface area contributed by atoms with Gasteiger partial charge in [0.25, 0.3) is 5.91 Å². The van der Waals surface area contributed by atoms with Gasteiger partial charge in [-0.2, -0.15) is 5.10 Å². The van der Waals surface area contributed by atoms with E-state index in [2.05, 4.69) is 15.3 Å². The summed E-state index contributed by atoms with van der Waals surface area (Å²) in [7, 11) is 0. The lowest BCUT2D eigenvalue weighted by atomic mass is 10.2. The molecule has 0 saturated carbocycles. The number of aromatic nitrogens is 2. The first-order chi connectivity index (χ1) is 14.7. The molecule has 31 heavy (non-hydrogen) atoms. The lowest BCUT2D eigenvalue weighted by Crippen LogP contribution is -2.50. The monoisotopic (exact) mass is 431 g/mol. The SMILES string of the molecule is CC(C)(C)OC(=O)N1CCN(CCCNC(=O)c2ccn(-c3ccc(F)cc3)n2)CC1. The molecule has 1 aliphatic heterocycles. The van der Waals surface area contributed by atoms with E-state index in [1.54, 1.807) is 34.0 Å². The summed E-state index contributed by atoms with van der Waals surface area (Å²) in [6, 6.07) is 7.54. The first kappa shape index (κ1) is 22.7. The van der Waals surface area contributed by atoms with Crippen LogP contribution in [0.25, 0.3) is 5.69 Å². The normalized spacial score (nSPS) is 15.0. The average Bonchev–Trinajstić information content (AvgIpc) is 3.21. The fraction of sp³-hybridized carbons (Fsp3) is 0.500. The van der Waals surface area contributed by atoms with Crippen molar-refractivity contribution in [3.63, 3.8) is 0 Å². The van der Waals surface area contributed by atoms with E-state index in [9.17, 15) is 14.0 Å². The summed E-state index contributed by atoms with van der Waals surface area (Å²) in [5.74, 6) is -0.560. The maximum atomic E-state index is 13.0. The summed E-state index contributed by atoms with van der Waals surface area (Å²) in [5.41, 5.74) is 0.516. The fourth-order valence-electron chi connectivity index (χ4n) is 3.26. The van der Waals surface area contributed by atoms with Crippen molar-refractivity contribution < 1.29 is 18.7 Å². The number of nitrogens with zero attached hydrogens (tertiary/aromatic N) is 4. The van der Waals surface area contributed by atoms with Gasteiger partial charge in [-0.25, -0.2) is 13.9 Å². The Morgan fingerprint density at radius 2 is 1.77 bits per heavy atom. The van der Waals surface area contributed by atoms with Crippen molar-refractivity contribution in [1.29, 1.82) is 0 Å². The molecule has 1 aliphatic rings. The van der Waals surface area contributed by atoms with Crippen LogP contribution in [0.4, 0.5) is 9.18 Å². The molecule has 0 unspecified atom stereocenters. The Morgan fingerprint density at radius 3 is 2.42 bits per heavy atom.